The monoisotopic (exact) mass is 395 g/mol. The predicted molar refractivity (Wildman–Crippen MR) is 101 cm³/mol. The molecule has 0 N–H and O–H groups in total. The van der Waals surface area contributed by atoms with Gasteiger partial charge in [0.15, 0.2) is 0 Å². The highest BCUT2D eigenvalue weighted by Crippen LogP contribution is 2.32. The summed E-state index contributed by atoms with van der Waals surface area (Å²) in [7, 11) is 0. The molecule has 2 aromatic carbocycles. The smallest absolute Gasteiger partial charge is 0.214 e. The van der Waals surface area contributed by atoms with Gasteiger partial charge in [-0.1, -0.05) is 71.3 Å². The molecule has 1 aromatic heterocycles. The molecule has 6 heteroatoms. The molecule has 0 saturated heterocycles. The average molecular weight is 396 g/mol. The van der Waals surface area contributed by atoms with Crippen LogP contribution in [-0.4, -0.2) is 25.9 Å². The zero-order chi connectivity index (χ0) is 17.4. The van der Waals surface area contributed by atoms with Crippen LogP contribution in [0.15, 0.2) is 58.0 Å². The first-order valence-corrected chi connectivity index (χ1v) is 9.12. The summed E-state index contributed by atoms with van der Waals surface area (Å²) in [5.41, 5.74) is 4.64. The van der Waals surface area contributed by atoms with Crippen molar-refractivity contribution in [3.63, 3.8) is 0 Å². The van der Waals surface area contributed by atoms with Crippen LogP contribution in [0.1, 0.15) is 48.9 Å². The van der Waals surface area contributed by atoms with Gasteiger partial charge in [0.2, 0.25) is 0 Å². The van der Waals surface area contributed by atoms with Gasteiger partial charge in [-0.25, -0.2) is 9.67 Å². The van der Waals surface area contributed by atoms with E-state index in [1.165, 1.54) is 11.1 Å². The van der Waals surface area contributed by atoms with E-state index in [9.17, 15) is 0 Å². The summed E-state index contributed by atoms with van der Waals surface area (Å²) < 4.78 is 2.86. The molecular weight excluding hydrogens is 378 g/mol. The Morgan fingerprint density at radius 2 is 1.76 bits per heavy atom. The molecule has 1 unspecified atom stereocenters. The minimum Gasteiger partial charge on any atom is -0.214 e. The van der Waals surface area contributed by atoms with E-state index in [1.54, 1.807) is 4.68 Å². The lowest BCUT2D eigenvalue weighted by atomic mass is 9.94. The molecule has 1 atom stereocenters. The Balaban J connectivity index is 1.72. The Hall–Kier alpha value is -2.34. The van der Waals surface area contributed by atoms with Crippen molar-refractivity contribution in [2.24, 2.45) is 4.99 Å². The third-order valence-electron chi connectivity index (χ3n) is 4.56. The highest BCUT2D eigenvalue weighted by Gasteiger charge is 2.26. The van der Waals surface area contributed by atoms with Crippen molar-refractivity contribution in [1.82, 2.24) is 20.2 Å². The summed E-state index contributed by atoms with van der Waals surface area (Å²) >= 11 is 3.49. The van der Waals surface area contributed by atoms with Gasteiger partial charge in [0.1, 0.15) is 0 Å². The standard InChI is InChI=1S/C19H18BrN5/c1-12(2)13-3-5-14(6-4-13)17-11-18(15-7-9-16(20)10-8-15)25-19(21-17)22-23-24-25/h3-10,12,18H,11H2,1-2H3. The first kappa shape index (κ1) is 16.1. The summed E-state index contributed by atoms with van der Waals surface area (Å²) in [6, 6.07) is 17.0. The quantitative estimate of drug-likeness (QED) is 0.646. The van der Waals surface area contributed by atoms with E-state index >= 15 is 0 Å². The van der Waals surface area contributed by atoms with E-state index in [2.05, 4.69) is 86.7 Å². The molecule has 126 valence electrons. The maximum Gasteiger partial charge on any atom is 0.269 e. The van der Waals surface area contributed by atoms with Gasteiger partial charge in [0, 0.05) is 10.9 Å². The Labute approximate surface area is 154 Å². The molecule has 0 spiro atoms. The molecule has 0 radical (unpaired) electrons. The number of fused-ring (bicyclic) bond motifs is 1. The van der Waals surface area contributed by atoms with Gasteiger partial charge in [-0.3, -0.25) is 0 Å². The molecule has 25 heavy (non-hydrogen) atoms. The van der Waals surface area contributed by atoms with Crippen molar-refractivity contribution in [1.29, 1.82) is 0 Å². The fourth-order valence-corrected chi connectivity index (χ4v) is 3.35. The van der Waals surface area contributed by atoms with Crippen molar-refractivity contribution in [2.75, 3.05) is 0 Å². The van der Waals surface area contributed by atoms with E-state index in [0.717, 1.165) is 22.2 Å². The van der Waals surface area contributed by atoms with Gasteiger partial charge in [-0.05, 0) is 45.2 Å². The number of halogens is 1. The van der Waals surface area contributed by atoms with Crippen molar-refractivity contribution in [2.45, 2.75) is 32.2 Å². The minimum atomic E-state index is 0.0513. The topological polar surface area (TPSA) is 56.0 Å². The Morgan fingerprint density at radius 1 is 1.04 bits per heavy atom. The molecule has 0 fully saturated rings. The summed E-state index contributed by atoms with van der Waals surface area (Å²) in [5, 5.41) is 12.0. The normalized spacial score (nSPS) is 16.6. The van der Waals surface area contributed by atoms with Crippen LogP contribution >= 0.6 is 15.9 Å². The van der Waals surface area contributed by atoms with Crippen LogP contribution in [0.5, 0.6) is 0 Å². The second-order valence-electron chi connectivity index (χ2n) is 6.53. The molecular formula is C19H18BrN5. The lowest BCUT2D eigenvalue weighted by Crippen LogP contribution is -2.21. The van der Waals surface area contributed by atoms with Crippen molar-refractivity contribution in [3.05, 3.63) is 69.7 Å². The zero-order valence-electron chi connectivity index (χ0n) is 14.1. The summed E-state index contributed by atoms with van der Waals surface area (Å²) in [6.45, 7) is 4.40. The molecule has 2 heterocycles. The maximum atomic E-state index is 4.68. The number of benzene rings is 2. The van der Waals surface area contributed by atoms with Crippen molar-refractivity contribution < 1.29 is 0 Å². The van der Waals surface area contributed by atoms with Crippen LogP contribution in [0.3, 0.4) is 0 Å². The van der Waals surface area contributed by atoms with Crippen LogP contribution in [0.2, 0.25) is 0 Å². The van der Waals surface area contributed by atoms with Crippen LogP contribution < -0.4 is 0 Å². The lowest BCUT2D eigenvalue weighted by Gasteiger charge is -2.23. The van der Waals surface area contributed by atoms with Gasteiger partial charge in [-0.15, -0.1) is 0 Å². The van der Waals surface area contributed by atoms with Gasteiger partial charge in [0.25, 0.3) is 5.95 Å². The number of aliphatic imine (C=N–C) groups is 1. The second-order valence-corrected chi connectivity index (χ2v) is 7.45. The van der Waals surface area contributed by atoms with E-state index in [0.29, 0.717) is 11.9 Å². The molecule has 0 bridgehead atoms. The molecule has 0 saturated carbocycles. The van der Waals surface area contributed by atoms with Crippen LogP contribution in [0, 0.1) is 0 Å². The average Bonchev–Trinajstić information content (AvgIpc) is 3.10. The van der Waals surface area contributed by atoms with Gasteiger partial charge < -0.3 is 0 Å². The number of aromatic nitrogens is 4. The molecule has 0 amide bonds. The first-order valence-electron chi connectivity index (χ1n) is 8.33. The van der Waals surface area contributed by atoms with Crippen molar-refractivity contribution in [3.8, 4) is 0 Å². The predicted octanol–water partition coefficient (Wildman–Crippen LogP) is 4.67. The third-order valence-corrected chi connectivity index (χ3v) is 5.09. The van der Waals surface area contributed by atoms with Crippen LogP contribution in [0.25, 0.3) is 0 Å². The van der Waals surface area contributed by atoms with E-state index < -0.39 is 0 Å². The van der Waals surface area contributed by atoms with E-state index in [4.69, 9.17) is 0 Å². The van der Waals surface area contributed by atoms with Crippen LogP contribution in [-0.2, 0) is 0 Å². The molecule has 0 aliphatic carbocycles. The number of tetrazole rings is 1. The SMILES string of the molecule is CC(C)c1ccc(C2=Nc3nnnn3C(c3ccc(Br)cc3)C2)cc1. The highest BCUT2D eigenvalue weighted by molar-refractivity contribution is 9.10. The second kappa shape index (κ2) is 6.52. The number of hydrogen-bond acceptors (Lipinski definition) is 4. The fourth-order valence-electron chi connectivity index (χ4n) is 3.09. The highest BCUT2D eigenvalue weighted by atomic mass is 79.9. The molecule has 3 aromatic rings. The van der Waals surface area contributed by atoms with Gasteiger partial charge in [-0.2, -0.15) is 0 Å². The number of hydrogen-bond donors (Lipinski definition) is 0. The number of rotatable bonds is 3. The van der Waals surface area contributed by atoms with Gasteiger partial charge >= 0.3 is 0 Å². The lowest BCUT2D eigenvalue weighted by molar-refractivity contribution is 0.515. The minimum absolute atomic E-state index is 0.0513. The Kier molecular flexibility index (Phi) is 4.21. The van der Waals surface area contributed by atoms with Crippen LogP contribution in [0.4, 0.5) is 5.95 Å². The Bertz CT molecular complexity index is 910. The Morgan fingerprint density at radius 3 is 2.44 bits per heavy atom. The maximum absolute atomic E-state index is 4.68. The fraction of sp³-hybridized carbons (Fsp3) is 0.263. The molecule has 1 aliphatic rings. The number of nitrogens with zero attached hydrogens (tertiary/aromatic N) is 5. The van der Waals surface area contributed by atoms with Gasteiger partial charge in [0.05, 0.1) is 11.8 Å². The first-order chi connectivity index (χ1) is 12.1. The largest absolute Gasteiger partial charge is 0.269 e. The molecule has 1 aliphatic heterocycles. The summed E-state index contributed by atoms with van der Waals surface area (Å²) in [5.74, 6) is 1.08. The molecule has 5 nitrogen and oxygen atoms in total. The summed E-state index contributed by atoms with van der Waals surface area (Å²) in [4.78, 5) is 4.68. The van der Waals surface area contributed by atoms with Crippen molar-refractivity contribution >= 4 is 27.6 Å². The zero-order valence-corrected chi connectivity index (χ0v) is 15.7. The molecule has 4 rings (SSSR count). The summed E-state index contributed by atoms with van der Waals surface area (Å²) in [6.07, 6.45) is 0.765. The van der Waals surface area contributed by atoms with E-state index in [-0.39, 0.29) is 6.04 Å². The van der Waals surface area contributed by atoms with E-state index in [1.807, 2.05) is 12.1 Å². The third kappa shape index (κ3) is 3.14.